The fraction of sp³-hybridized carbons (Fsp3) is 0.160. The number of nitrogens with zero attached hydrogens (tertiary/aromatic N) is 2. The van der Waals surface area contributed by atoms with E-state index in [0.717, 1.165) is 22.3 Å². The van der Waals surface area contributed by atoms with Crippen LogP contribution in [0.3, 0.4) is 0 Å². The van der Waals surface area contributed by atoms with Gasteiger partial charge in [0.05, 0.1) is 27.4 Å². The van der Waals surface area contributed by atoms with Gasteiger partial charge in [0.1, 0.15) is 6.07 Å². The van der Waals surface area contributed by atoms with Gasteiger partial charge in [0, 0.05) is 5.92 Å². The van der Waals surface area contributed by atoms with Gasteiger partial charge < -0.3 is 0 Å². The van der Waals surface area contributed by atoms with Gasteiger partial charge in [-0.15, -0.1) is 0 Å². The first-order valence-corrected chi connectivity index (χ1v) is 10.6. The minimum Gasteiger partial charge on any atom is -0.274 e. The molecule has 1 saturated heterocycles. The highest BCUT2D eigenvalue weighted by molar-refractivity contribution is 9.09. The molecule has 3 aliphatic carbocycles. The molecule has 1 fully saturated rings. The first-order chi connectivity index (χ1) is 14.6. The Kier molecular flexibility index (Phi) is 3.46. The lowest BCUT2D eigenvalue weighted by molar-refractivity contribution is -0.122. The molecular formula is C25H15BrN2O2. The van der Waals surface area contributed by atoms with E-state index in [0.29, 0.717) is 11.3 Å². The first kappa shape index (κ1) is 17.6. The molecule has 0 saturated carbocycles. The van der Waals surface area contributed by atoms with E-state index in [2.05, 4.69) is 34.1 Å². The van der Waals surface area contributed by atoms with Gasteiger partial charge in [0.15, 0.2) is 0 Å². The summed E-state index contributed by atoms with van der Waals surface area (Å²) in [5.74, 6) is -1.73. The van der Waals surface area contributed by atoms with Crippen molar-refractivity contribution in [3.8, 4) is 6.07 Å². The van der Waals surface area contributed by atoms with Crippen LogP contribution in [0.1, 0.15) is 33.7 Å². The Hall–Kier alpha value is -3.23. The SMILES string of the molecule is N#Cc1ccccc1N1C(=O)[C@@H]2[C@@H](C1=O)C1c3ccccc3C2(Br)c2ccccc21. The average molecular weight is 455 g/mol. The summed E-state index contributed by atoms with van der Waals surface area (Å²) in [4.78, 5) is 28.8. The van der Waals surface area contributed by atoms with Crippen LogP contribution in [0.5, 0.6) is 0 Å². The average Bonchev–Trinajstić information content (AvgIpc) is 3.05. The fourth-order valence-electron chi connectivity index (χ4n) is 5.68. The summed E-state index contributed by atoms with van der Waals surface area (Å²) >= 11 is 3.98. The molecule has 0 N–H and O–H groups in total. The minimum absolute atomic E-state index is 0.183. The Bertz CT molecular complexity index is 1260. The highest BCUT2D eigenvalue weighted by atomic mass is 79.9. The van der Waals surface area contributed by atoms with Gasteiger partial charge in [-0.05, 0) is 34.4 Å². The van der Waals surface area contributed by atoms with Gasteiger partial charge in [0.25, 0.3) is 0 Å². The third-order valence-corrected chi connectivity index (χ3v) is 8.13. The van der Waals surface area contributed by atoms with E-state index < -0.39 is 16.2 Å². The number of nitriles is 1. The molecular weight excluding hydrogens is 440 g/mol. The van der Waals surface area contributed by atoms with E-state index in [-0.39, 0.29) is 17.7 Å². The van der Waals surface area contributed by atoms with Gasteiger partial charge in [-0.3, -0.25) is 9.59 Å². The van der Waals surface area contributed by atoms with E-state index in [1.54, 1.807) is 24.3 Å². The predicted molar refractivity (Wildman–Crippen MR) is 115 cm³/mol. The number of hydrogen-bond acceptors (Lipinski definition) is 3. The van der Waals surface area contributed by atoms with Crippen LogP contribution in [0, 0.1) is 23.2 Å². The van der Waals surface area contributed by atoms with Crippen molar-refractivity contribution in [3.63, 3.8) is 0 Å². The van der Waals surface area contributed by atoms with Crippen molar-refractivity contribution < 1.29 is 9.59 Å². The summed E-state index contributed by atoms with van der Waals surface area (Å²) in [5, 5.41) is 9.55. The number of carbonyl (C=O) groups is 2. The molecule has 0 radical (unpaired) electrons. The van der Waals surface area contributed by atoms with Crippen molar-refractivity contribution in [3.05, 3.63) is 101 Å². The molecule has 2 amide bonds. The number of alkyl halides is 1. The van der Waals surface area contributed by atoms with E-state index >= 15 is 0 Å². The van der Waals surface area contributed by atoms with Crippen LogP contribution in [0.4, 0.5) is 5.69 Å². The van der Waals surface area contributed by atoms with Crippen LogP contribution in [-0.2, 0) is 13.9 Å². The summed E-state index contributed by atoms with van der Waals surface area (Å²) in [7, 11) is 0. The van der Waals surface area contributed by atoms with Gasteiger partial charge in [-0.1, -0.05) is 76.6 Å². The Morgan fingerprint density at radius 2 is 1.40 bits per heavy atom. The number of para-hydroxylation sites is 1. The highest BCUT2D eigenvalue weighted by Gasteiger charge is 2.67. The molecule has 0 unspecified atom stereocenters. The molecule has 144 valence electrons. The summed E-state index contributed by atoms with van der Waals surface area (Å²) in [6.45, 7) is 0. The lowest BCUT2D eigenvalue weighted by atomic mass is 9.55. The molecule has 1 aliphatic heterocycles. The molecule has 4 nitrogen and oxygen atoms in total. The van der Waals surface area contributed by atoms with Crippen LogP contribution < -0.4 is 4.90 Å². The molecule has 30 heavy (non-hydrogen) atoms. The number of amides is 2. The Labute approximate surface area is 181 Å². The van der Waals surface area contributed by atoms with E-state index in [9.17, 15) is 14.9 Å². The topological polar surface area (TPSA) is 61.2 Å². The lowest BCUT2D eigenvalue weighted by Gasteiger charge is -2.51. The van der Waals surface area contributed by atoms with Crippen LogP contribution in [-0.4, -0.2) is 11.8 Å². The van der Waals surface area contributed by atoms with Crippen molar-refractivity contribution in [1.29, 1.82) is 5.26 Å². The normalized spacial score (nSPS) is 28.0. The lowest BCUT2D eigenvalue weighted by Crippen LogP contribution is -2.50. The second kappa shape index (κ2) is 5.90. The maximum atomic E-state index is 13.8. The van der Waals surface area contributed by atoms with E-state index in [4.69, 9.17) is 0 Å². The van der Waals surface area contributed by atoms with Crippen LogP contribution >= 0.6 is 15.9 Å². The smallest absolute Gasteiger partial charge is 0.239 e. The third-order valence-electron chi connectivity index (χ3n) is 6.78. The zero-order chi connectivity index (χ0) is 20.6. The fourth-order valence-corrected chi connectivity index (χ4v) is 6.88. The summed E-state index contributed by atoms with van der Waals surface area (Å²) in [6.07, 6.45) is 0. The summed E-state index contributed by atoms with van der Waals surface area (Å²) in [5.41, 5.74) is 4.96. The molecule has 2 bridgehead atoms. The third kappa shape index (κ3) is 1.90. The number of benzene rings is 3. The molecule has 5 heteroatoms. The minimum atomic E-state index is -0.775. The molecule has 0 aromatic heterocycles. The molecule has 3 aromatic rings. The van der Waals surface area contributed by atoms with Gasteiger partial charge in [-0.2, -0.15) is 5.26 Å². The molecule has 2 atom stereocenters. The van der Waals surface area contributed by atoms with Crippen molar-refractivity contribution >= 4 is 33.4 Å². The summed E-state index contributed by atoms with van der Waals surface area (Å²) < 4.78 is -0.775. The number of anilines is 1. The van der Waals surface area contributed by atoms with Gasteiger partial charge >= 0.3 is 0 Å². The Morgan fingerprint density at radius 1 is 0.833 bits per heavy atom. The van der Waals surface area contributed by atoms with E-state index in [1.165, 1.54) is 4.90 Å². The quantitative estimate of drug-likeness (QED) is 0.402. The highest BCUT2D eigenvalue weighted by Crippen LogP contribution is 2.66. The van der Waals surface area contributed by atoms with Crippen molar-refractivity contribution in [2.75, 3.05) is 4.90 Å². The van der Waals surface area contributed by atoms with Gasteiger partial charge in [-0.25, -0.2) is 4.90 Å². The van der Waals surface area contributed by atoms with E-state index in [1.807, 2.05) is 36.4 Å². The maximum absolute atomic E-state index is 13.8. The van der Waals surface area contributed by atoms with Crippen molar-refractivity contribution in [2.45, 2.75) is 10.2 Å². The number of hydrogen-bond donors (Lipinski definition) is 0. The Balaban J connectivity index is 1.63. The van der Waals surface area contributed by atoms with Crippen LogP contribution in [0.2, 0.25) is 0 Å². The number of halogens is 1. The van der Waals surface area contributed by atoms with Crippen LogP contribution in [0.25, 0.3) is 0 Å². The second-order valence-electron chi connectivity index (χ2n) is 8.01. The predicted octanol–water partition coefficient (Wildman–Crippen LogP) is 4.46. The molecule has 0 spiro atoms. The van der Waals surface area contributed by atoms with Gasteiger partial charge in [0.2, 0.25) is 11.8 Å². The largest absolute Gasteiger partial charge is 0.274 e. The monoisotopic (exact) mass is 454 g/mol. The molecule has 4 aliphatic rings. The zero-order valence-corrected chi connectivity index (χ0v) is 17.3. The second-order valence-corrected chi connectivity index (χ2v) is 9.26. The van der Waals surface area contributed by atoms with Crippen LogP contribution in [0.15, 0.2) is 72.8 Å². The standard InChI is InChI=1S/C25H15BrN2O2/c26-25-17-10-4-2-8-15(17)20(16-9-3-5-11-18(16)25)21-22(25)24(30)28(23(21)29)19-12-6-1-7-14(19)13-27/h1-12,20-22H/t20?,21-,22-,25?/m0/s1. The van der Waals surface area contributed by atoms with Crippen molar-refractivity contribution in [1.82, 2.24) is 0 Å². The number of carbonyl (C=O) groups excluding carboxylic acids is 2. The summed E-state index contributed by atoms with van der Waals surface area (Å²) in [6, 6.07) is 25.1. The number of imide groups is 1. The maximum Gasteiger partial charge on any atom is 0.239 e. The molecule has 3 aromatic carbocycles. The van der Waals surface area contributed by atoms with Crippen molar-refractivity contribution in [2.24, 2.45) is 11.8 Å². The molecule has 1 heterocycles. The number of rotatable bonds is 1. The Morgan fingerprint density at radius 3 is 2.03 bits per heavy atom. The molecule has 7 rings (SSSR count). The first-order valence-electron chi connectivity index (χ1n) is 9.83. The zero-order valence-electron chi connectivity index (χ0n) is 15.7.